The van der Waals surface area contributed by atoms with Gasteiger partial charge in [0, 0.05) is 12.1 Å². The van der Waals surface area contributed by atoms with Crippen molar-refractivity contribution in [3.63, 3.8) is 0 Å². The molecule has 2 N–H and O–H groups in total. The Morgan fingerprint density at radius 3 is 2.44 bits per heavy atom. The second-order valence-electron chi connectivity index (χ2n) is 5.91. The smallest absolute Gasteiger partial charge is 0.225 e. The highest BCUT2D eigenvalue weighted by Crippen LogP contribution is 2.20. The minimum absolute atomic E-state index is 0.0315. The van der Waals surface area contributed by atoms with Crippen LogP contribution in [0.25, 0.3) is 0 Å². The van der Waals surface area contributed by atoms with Gasteiger partial charge in [-0.1, -0.05) is 48.5 Å². The molecule has 0 saturated carbocycles. The molecule has 4 nitrogen and oxygen atoms in total. The average Bonchev–Trinajstić information content (AvgIpc) is 2.64. The summed E-state index contributed by atoms with van der Waals surface area (Å²) in [6.45, 7) is 2.05. The van der Waals surface area contributed by atoms with Crippen LogP contribution in [0, 0.1) is 6.92 Å². The van der Waals surface area contributed by atoms with E-state index >= 15 is 0 Å². The van der Waals surface area contributed by atoms with Crippen LogP contribution >= 0.6 is 0 Å². The first-order valence-corrected chi connectivity index (χ1v) is 8.33. The maximum atomic E-state index is 12.0. The first-order chi connectivity index (χ1) is 12.2. The van der Waals surface area contributed by atoms with Crippen LogP contribution in [0.4, 0.5) is 17.2 Å². The molecule has 0 unspecified atom stereocenters. The van der Waals surface area contributed by atoms with Gasteiger partial charge in [-0.15, -0.1) is 0 Å². The molecule has 126 valence electrons. The van der Waals surface area contributed by atoms with Gasteiger partial charge in [0.15, 0.2) is 0 Å². The van der Waals surface area contributed by atoms with Crippen LogP contribution in [0.2, 0.25) is 0 Å². The fourth-order valence-corrected chi connectivity index (χ4v) is 2.52. The van der Waals surface area contributed by atoms with Crippen molar-refractivity contribution in [1.29, 1.82) is 0 Å². The molecule has 0 bridgehead atoms. The lowest BCUT2D eigenvalue weighted by Gasteiger charge is -2.10. The molecule has 0 fully saturated rings. The van der Waals surface area contributed by atoms with Gasteiger partial charge in [0.2, 0.25) is 5.91 Å². The van der Waals surface area contributed by atoms with Crippen molar-refractivity contribution in [2.45, 2.75) is 19.8 Å². The van der Waals surface area contributed by atoms with Crippen molar-refractivity contribution in [2.24, 2.45) is 0 Å². The molecule has 2 aromatic carbocycles. The number of nitrogens with zero attached hydrogens (tertiary/aromatic N) is 1. The second-order valence-corrected chi connectivity index (χ2v) is 5.91. The topological polar surface area (TPSA) is 54.0 Å². The third-order valence-electron chi connectivity index (χ3n) is 3.94. The first-order valence-electron chi connectivity index (χ1n) is 8.33. The monoisotopic (exact) mass is 331 g/mol. The van der Waals surface area contributed by atoms with E-state index in [1.165, 1.54) is 5.56 Å². The fourth-order valence-electron chi connectivity index (χ4n) is 2.52. The van der Waals surface area contributed by atoms with E-state index < -0.39 is 0 Å². The van der Waals surface area contributed by atoms with Gasteiger partial charge in [0.1, 0.15) is 5.82 Å². The van der Waals surface area contributed by atoms with Crippen LogP contribution in [-0.2, 0) is 11.2 Å². The number of aromatic nitrogens is 1. The molecule has 1 aromatic heterocycles. The highest BCUT2D eigenvalue weighted by Gasteiger charge is 2.05. The molecule has 4 heteroatoms. The minimum atomic E-state index is -0.0315. The van der Waals surface area contributed by atoms with Gasteiger partial charge in [0.05, 0.1) is 11.9 Å². The van der Waals surface area contributed by atoms with Gasteiger partial charge in [0.25, 0.3) is 0 Å². The Morgan fingerprint density at radius 2 is 1.72 bits per heavy atom. The van der Waals surface area contributed by atoms with Gasteiger partial charge >= 0.3 is 0 Å². The molecular formula is C21H21N3O. The van der Waals surface area contributed by atoms with Crippen molar-refractivity contribution in [2.75, 3.05) is 10.6 Å². The van der Waals surface area contributed by atoms with E-state index in [1.54, 1.807) is 12.3 Å². The van der Waals surface area contributed by atoms with Crippen LogP contribution in [0.15, 0.2) is 72.9 Å². The molecule has 0 atom stereocenters. The Morgan fingerprint density at radius 1 is 0.960 bits per heavy atom. The normalized spacial score (nSPS) is 10.3. The van der Waals surface area contributed by atoms with E-state index in [-0.39, 0.29) is 5.91 Å². The zero-order valence-electron chi connectivity index (χ0n) is 14.2. The summed E-state index contributed by atoms with van der Waals surface area (Å²) in [5.74, 6) is 0.532. The van der Waals surface area contributed by atoms with Crippen LogP contribution < -0.4 is 10.6 Å². The van der Waals surface area contributed by atoms with Crippen molar-refractivity contribution in [3.8, 4) is 0 Å². The van der Waals surface area contributed by atoms with Crippen LogP contribution in [0.1, 0.15) is 17.5 Å². The summed E-state index contributed by atoms with van der Waals surface area (Å²) in [5.41, 5.74) is 4.25. The van der Waals surface area contributed by atoms with Gasteiger partial charge in [-0.25, -0.2) is 4.98 Å². The maximum Gasteiger partial charge on any atom is 0.225 e. The van der Waals surface area contributed by atoms with Gasteiger partial charge in [-0.3, -0.25) is 4.79 Å². The molecule has 0 radical (unpaired) electrons. The zero-order chi connectivity index (χ0) is 17.5. The van der Waals surface area contributed by atoms with Crippen molar-refractivity contribution in [3.05, 3.63) is 84.1 Å². The summed E-state index contributed by atoms with van der Waals surface area (Å²) >= 11 is 0. The van der Waals surface area contributed by atoms with E-state index in [9.17, 15) is 4.79 Å². The number of benzene rings is 2. The summed E-state index contributed by atoms with van der Waals surface area (Å²) < 4.78 is 0. The summed E-state index contributed by atoms with van der Waals surface area (Å²) in [4.78, 5) is 16.3. The Bertz CT molecular complexity index is 829. The largest absolute Gasteiger partial charge is 0.354 e. The number of rotatable bonds is 6. The number of aryl methyl sites for hydroxylation is 2. The quantitative estimate of drug-likeness (QED) is 0.688. The number of hydrogen-bond acceptors (Lipinski definition) is 3. The molecule has 0 spiro atoms. The van der Waals surface area contributed by atoms with Crippen LogP contribution in [0.3, 0.4) is 0 Å². The summed E-state index contributed by atoms with van der Waals surface area (Å²) in [5, 5.41) is 6.16. The standard InChI is InChI=1S/C21H21N3O/c1-16-7-5-6-10-19(16)23-18-12-13-20(22-15-18)24-21(25)14-11-17-8-3-2-4-9-17/h2-10,12-13,15,23H,11,14H2,1H3,(H,22,24,25). The number of carbonyl (C=O) groups excluding carboxylic acids is 1. The Kier molecular flexibility index (Phi) is 5.42. The highest BCUT2D eigenvalue weighted by atomic mass is 16.1. The van der Waals surface area contributed by atoms with Crippen molar-refractivity contribution in [1.82, 2.24) is 4.98 Å². The van der Waals surface area contributed by atoms with Crippen LogP contribution in [0.5, 0.6) is 0 Å². The molecule has 0 aliphatic carbocycles. The van der Waals surface area contributed by atoms with Crippen LogP contribution in [-0.4, -0.2) is 10.9 Å². The lowest BCUT2D eigenvalue weighted by atomic mass is 10.1. The molecule has 3 rings (SSSR count). The third kappa shape index (κ3) is 4.91. The summed E-state index contributed by atoms with van der Waals surface area (Å²) in [6.07, 6.45) is 2.88. The predicted molar refractivity (Wildman–Crippen MR) is 102 cm³/mol. The number of pyridine rings is 1. The molecule has 3 aromatic rings. The first kappa shape index (κ1) is 16.7. The van der Waals surface area contributed by atoms with Crippen molar-refractivity contribution < 1.29 is 4.79 Å². The van der Waals surface area contributed by atoms with Crippen molar-refractivity contribution >= 4 is 23.1 Å². The SMILES string of the molecule is Cc1ccccc1Nc1ccc(NC(=O)CCc2ccccc2)nc1. The zero-order valence-corrected chi connectivity index (χ0v) is 14.2. The maximum absolute atomic E-state index is 12.0. The third-order valence-corrected chi connectivity index (χ3v) is 3.94. The van der Waals surface area contributed by atoms with Gasteiger partial charge < -0.3 is 10.6 Å². The van der Waals surface area contributed by atoms with E-state index in [1.807, 2.05) is 54.6 Å². The van der Waals surface area contributed by atoms with E-state index in [4.69, 9.17) is 0 Å². The Hall–Kier alpha value is -3.14. The van der Waals surface area contributed by atoms with Gasteiger partial charge in [-0.05, 0) is 42.7 Å². The molecule has 0 saturated heterocycles. The Labute approximate surface area is 147 Å². The van der Waals surface area contributed by atoms with E-state index in [0.29, 0.717) is 12.2 Å². The number of para-hydroxylation sites is 1. The summed E-state index contributed by atoms with van der Waals surface area (Å²) in [6, 6.07) is 21.8. The number of amides is 1. The molecule has 25 heavy (non-hydrogen) atoms. The number of nitrogens with one attached hydrogen (secondary N) is 2. The second kappa shape index (κ2) is 8.11. The molecular weight excluding hydrogens is 310 g/mol. The number of hydrogen-bond donors (Lipinski definition) is 2. The molecule has 0 aliphatic rings. The molecule has 1 amide bonds. The van der Waals surface area contributed by atoms with E-state index in [2.05, 4.69) is 28.6 Å². The number of anilines is 3. The number of carbonyl (C=O) groups is 1. The minimum Gasteiger partial charge on any atom is -0.354 e. The van der Waals surface area contributed by atoms with E-state index in [0.717, 1.165) is 23.4 Å². The Balaban J connectivity index is 1.53. The predicted octanol–water partition coefficient (Wildman–Crippen LogP) is 4.70. The fraction of sp³-hybridized carbons (Fsp3) is 0.143. The molecule has 0 aliphatic heterocycles. The van der Waals surface area contributed by atoms with Gasteiger partial charge in [-0.2, -0.15) is 0 Å². The molecule has 1 heterocycles. The average molecular weight is 331 g/mol. The lowest BCUT2D eigenvalue weighted by Crippen LogP contribution is -2.13. The highest BCUT2D eigenvalue weighted by molar-refractivity contribution is 5.90. The lowest BCUT2D eigenvalue weighted by molar-refractivity contribution is -0.116. The summed E-state index contributed by atoms with van der Waals surface area (Å²) in [7, 11) is 0.